The fraction of sp³-hybridized carbons (Fsp3) is 0. The summed E-state index contributed by atoms with van der Waals surface area (Å²) in [5, 5.41) is 2.57. The van der Waals surface area contributed by atoms with Gasteiger partial charge in [-0.25, -0.2) is 0 Å². The van der Waals surface area contributed by atoms with Crippen LogP contribution in [0.4, 0.5) is 0 Å². The average Bonchev–Trinajstić information content (AvgIpc) is 3.32. The van der Waals surface area contributed by atoms with Gasteiger partial charge in [0.1, 0.15) is 0 Å². The summed E-state index contributed by atoms with van der Waals surface area (Å²) >= 11 is 0. The van der Waals surface area contributed by atoms with Gasteiger partial charge in [0.05, 0.1) is 11.0 Å². The molecule has 1 heterocycles. The van der Waals surface area contributed by atoms with Crippen molar-refractivity contribution in [1.82, 2.24) is 4.57 Å². The monoisotopic (exact) mass is 471 g/mol. The molecule has 7 rings (SSSR count). The van der Waals surface area contributed by atoms with Crippen LogP contribution in [0.15, 0.2) is 152 Å². The van der Waals surface area contributed by atoms with Crippen molar-refractivity contribution in [3.8, 4) is 39.1 Å². The Morgan fingerprint density at radius 1 is 0.270 bits per heavy atom. The lowest BCUT2D eigenvalue weighted by Crippen LogP contribution is -1.93. The Hall–Kier alpha value is -4.88. The maximum atomic E-state index is 2.36. The predicted molar refractivity (Wildman–Crippen MR) is 157 cm³/mol. The number of para-hydroxylation sites is 2. The van der Waals surface area contributed by atoms with Crippen molar-refractivity contribution in [2.45, 2.75) is 0 Å². The van der Waals surface area contributed by atoms with E-state index < -0.39 is 0 Å². The lowest BCUT2D eigenvalue weighted by Gasteiger charge is -2.10. The maximum Gasteiger partial charge on any atom is 0.0541 e. The summed E-state index contributed by atoms with van der Waals surface area (Å²) in [5.41, 5.74) is 11.0. The fourth-order valence-electron chi connectivity index (χ4n) is 5.34. The molecule has 0 saturated heterocycles. The molecule has 0 aliphatic rings. The van der Waals surface area contributed by atoms with E-state index >= 15 is 0 Å². The quantitative estimate of drug-likeness (QED) is 0.241. The molecule has 6 aromatic carbocycles. The molecule has 0 unspecified atom stereocenters. The summed E-state index contributed by atoms with van der Waals surface area (Å²) in [6.07, 6.45) is 0. The van der Waals surface area contributed by atoms with Gasteiger partial charge in [0.2, 0.25) is 0 Å². The number of aromatic nitrogens is 1. The van der Waals surface area contributed by atoms with Crippen LogP contribution in [0.1, 0.15) is 0 Å². The molecule has 0 aliphatic carbocycles. The molecule has 0 fully saturated rings. The van der Waals surface area contributed by atoms with E-state index in [9.17, 15) is 0 Å². The zero-order chi connectivity index (χ0) is 24.6. The van der Waals surface area contributed by atoms with Crippen molar-refractivity contribution in [2.75, 3.05) is 0 Å². The van der Waals surface area contributed by atoms with Gasteiger partial charge in [0, 0.05) is 16.5 Å². The molecule has 0 bridgehead atoms. The molecule has 1 aromatic heterocycles. The normalized spacial score (nSPS) is 11.2. The van der Waals surface area contributed by atoms with E-state index in [-0.39, 0.29) is 0 Å². The molecule has 1 heteroatoms. The van der Waals surface area contributed by atoms with Gasteiger partial charge in [-0.2, -0.15) is 0 Å². The van der Waals surface area contributed by atoms with Crippen molar-refractivity contribution < 1.29 is 0 Å². The molecular formula is C36H25N. The summed E-state index contributed by atoms with van der Waals surface area (Å²) in [4.78, 5) is 0. The highest BCUT2D eigenvalue weighted by molar-refractivity contribution is 6.09. The number of nitrogens with zero attached hydrogens (tertiary/aromatic N) is 1. The number of benzene rings is 6. The Labute approximate surface area is 216 Å². The van der Waals surface area contributed by atoms with Gasteiger partial charge in [0.25, 0.3) is 0 Å². The largest absolute Gasteiger partial charge is 0.309 e. The van der Waals surface area contributed by atoms with E-state index in [4.69, 9.17) is 0 Å². The predicted octanol–water partition coefficient (Wildman–Crippen LogP) is 9.78. The third kappa shape index (κ3) is 3.82. The minimum absolute atomic E-state index is 1.18. The van der Waals surface area contributed by atoms with Crippen LogP contribution in [0, 0.1) is 0 Å². The van der Waals surface area contributed by atoms with Crippen LogP contribution >= 0.6 is 0 Å². The Morgan fingerprint density at radius 3 is 1.03 bits per heavy atom. The molecule has 0 amide bonds. The smallest absolute Gasteiger partial charge is 0.0541 e. The van der Waals surface area contributed by atoms with Crippen molar-refractivity contribution in [3.05, 3.63) is 152 Å². The van der Waals surface area contributed by atoms with E-state index in [1.165, 1.54) is 60.9 Å². The second-order valence-electron chi connectivity index (χ2n) is 9.44. The van der Waals surface area contributed by atoms with Crippen LogP contribution in [-0.2, 0) is 0 Å². The summed E-state index contributed by atoms with van der Waals surface area (Å²) in [6.45, 7) is 0. The first kappa shape index (κ1) is 21.4. The first-order valence-electron chi connectivity index (χ1n) is 12.7. The highest BCUT2D eigenvalue weighted by atomic mass is 15.0. The zero-order valence-electron chi connectivity index (χ0n) is 20.4. The van der Waals surface area contributed by atoms with Crippen LogP contribution in [0.2, 0.25) is 0 Å². The molecule has 7 aromatic rings. The number of rotatable bonds is 4. The van der Waals surface area contributed by atoms with Crippen molar-refractivity contribution >= 4 is 21.8 Å². The lowest BCUT2D eigenvalue weighted by atomic mass is 9.98. The molecule has 0 spiro atoms. The van der Waals surface area contributed by atoms with E-state index in [1.807, 2.05) is 0 Å². The minimum atomic E-state index is 1.18. The van der Waals surface area contributed by atoms with Gasteiger partial charge in [-0.1, -0.05) is 127 Å². The second-order valence-corrected chi connectivity index (χ2v) is 9.44. The molecular weight excluding hydrogens is 446 g/mol. The van der Waals surface area contributed by atoms with Gasteiger partial charge in [-0.05, 0) is 57.6 Å². The average molecular weight is 472 g/mol. The maximum absolute atomic E-state index is 2.36. The number of fused-ring (bicyclic) bond motifs is 3. The van der Waals surface area contributed by atoms with Crippen molar-refractivity contribution in [3.63, 3.8) is 0 Å². The van der Waals surface area contributed by atoms with Crippen LogP contribution < -0.4 is 0 Å². The topological polar surface area (TPSA) is 4.93 Å². The summed E-state index contributed by atoms with van der Waals surface area (Å²) in [5.74, 6) is 0. The fourth-order valence-corrected chi connectivity index (χ4v) is 5.34. The molecule has 0 saturated carbocycles. The van der Waals surface area contributed by atoms with Gasteiger partial charge < -0.3 is 4.57 Å². The van der Waals surface area contributed by atoms with Crippen LogP contribution in [0.3, 0.4) is 0 Å². The Balaban J connectivity index is 1.18. The zero-order valence-corrected chi connectivity index (χ0v) is 20.4. The van der Waals surface area contributed by atoms with Crippen molar-refractivity contribution in [1.29, 1.82) is 0 Å². The molecule has 0 N–H and O–H groups in total. The third-order valence-electron chi connectivity index (χ3n) is 7.25. The molecule has 0 aliphatic heterocycles. The standard InChI is InChI=1S/C36H25N/c1-2-8-26(9-3-1)27-14-16-28(17-15-27)29-18-20-30(21-19-29)31-22-24-32(25-23-31)37-35-12-6-4-10-33(35)34-11-5-7-13-36(34)37/h1-25H. The van der Waals surface area contributed by atoms with Gasteiger partial charge >= 0.3 is 0 Å². The first-order valence-corrected chi connectivity index (χ1v) is 12.7. The van der Waals surface area contributed by atoms with Gasteiger partial charge in [-0.3, -0.25) is 0 Å². The van der Waals surface area contributed by atoms with E-state index in [0.29, 0.717) is 0 Å². The Kier molecular flexibility index (Phi) is 5.19. The molecule has 37 heavy (non-hydrogen) atoms. The Morgan fingerprint density at radius 2 is 0.595 bits per heavy atom. The Bertz CT molecular complexity index is 1770. The van der Waals surface area contributed by atoms with Crippen molar-refractivity contribution in [2.24, 2.45) is 0 Å². The SMILES string of the molecule is c1ccc(-c2ccc(-c3ccc(-c4ccc(-n5c6ccccc6c6ccccc65)cc4)cc3)cc2)cc1. The summed E-state index contributed by atoms with van der Waals surface area (Å²) < 4.78 is 2.36. The first-order chi connectivity index (χ1) is 18.3. The number of hydrogen-bond donors (Lipinski definition) is 0. The van der Waals surface area contributed by atoms with Crippen LogP contribution in [0.25, 0.3) is 60.9 Å². The van der Waals surface area contributed by atoms with E-state index in [1.54, 1.807) is 0 Å². The molecule has 174 valence electrons. The lowest BCUT2D eigenvalue weighted by molar-refractivity contribution is 1.18. The second kappa shape index (κ2) is 8.96. The minimum Gasteiger partial charge on any atom is -0.309 e. The highest BCUT2D eigenvalue weighted by Crippen LogP contribution is 2.33. The van der Waals surface area contributed by atoms with Gasteiger partial charge in [-0.15, -0.1) is 0 Å². The molecule has 1 nitrogen and oxygen atoms in total. The number of hydrogen-bond acceptors (Lipinski definition) is 0. The summed E-state index contributed by atoms with van der Waals surface area (Å²) in [6, 6.07) is 54.4. The third-order valence-corrected chi connectivity index (χ3v) is 7.25. The van der Waals surface area contributed by atoms with E-state index in [0.717, 1.165) is 0 Å². The molecule has 0 atom stereocenters. The summed E-state index contributed by atoms with van der Waals surface area (Å²) in [7, 11) is 0. The van der Waals surface area contributed by atoms with E-state index in [2.05, 4.69) is 156 Å². The highest BCUT2D eigenvalue weighted by Gasteiger charge is 2.11. The van der Waals surface area contributed by atoms with Crippen LogP contribution in [-0.4, -0.2) is 4.57 Å². The van der Waals surface area contributed by atoms with Gasteiger partial charge in [0.15, 0.2) is 0 Å². The molecule has 0 radical (unpaired) electrons. The van der Waals surface area contributed by atoms with Crippen LogP contribution in [0.5, 0.6) is 0 Å².